The van der Waals surface area contributed by atoms with Gasteiger partial charge in [0.25, 0.3) is 5.91 Å². The summed E-state index contributed by atoms with van der Waals surface area (Å²) in [6.45, 7) is -0.344. The number of halogens is 8. The van der Waals surface area contributed by atoms with Crippen molar-refractivity contribution >= 4 is 69.9 Å². The number of dihydropyridines is 1. The number of anilines is 1. The molecule has 0 saturated heterocycles. The van der Waals surface area contributed by atoms with Gasteiger partial charge in [0, 0.05) is 11.9 Å². The van der Waals surface area contributed by atoms with Gasteiger partial charge in [0.15, 0.2) is 10.9 Å². The third kappa shape index (κ3) is 6.15. The lowest BCUT2D eigenvalue weighted by atomic mass is 10.1. The molecular weight excluding hydrogens is 548 g/mol. The first-order chi connectivity index (χ1) is 15.8. The molecule has 180 valence electrons. The van der Waals surface area contributed by atoms with Crippen LogP contribution in [0.25, 0.3) is 0 Å². The zero-order valence-electron chi connectivity index (χ0n) is 16.4. The molecule has 1 aliphatic heterocycles. The van der Waals surface area contributed by atoms with Crippen LogP contribution in [-0.2, 0) is 0 Å². The second-order valence-electron chi connectivity index (χ2n) is 6.73. The number of ether oxygens (including phenoxy) is 1. The first-order valence-electron chi connectivity index (χ1n) is 9.02. The number of hydrogen-bond donors (Lipinski definition) is 2. The normalized spacial score (nSPS) is 17.7. The molecule has 5 nitrogen and oxygen atoms in total. The minimum absolute atomic E-state index is 0.124. The van der Waals surface area contributed by atoms with Crippen molar-refractivity contribution in [3.05, 3.63) is 69.2 Å². The molecule has 1 heterocycles. The Bertz CT molecular complexity index is 1180. The van der Waals surface area contributed by atoms with Gasteiger partial charge in [-0.1, -0.05) is 40.9 Å². The molecule has 34 heavy (non-hydrogen) atoms. The first-order valence-corrected chi connectivity index (χ1v) is 10.6. The van der Waals surface area contributed by atoms with E-state index in [1.54, 1.807) is 0 Å². The average molecular weight is 559 g/mol. The van der Waals surface area contributed by atoms with Gasteiger partial charge in [-0.15, -0.1) is 0 Å². The Hall–Kier alpha value is -2.47. The summed E-state index contributed by atoms with van der Waals surface area (Å²) in [6, 6.07) is 5.36. The number of aliphatic imine (C=N–C) groups is 1. The summed E-state index contributed by atoms with van der Waals surface area (Å²) in [4.78, 5) is 15.7. The summed E-state index contributed by atoms with van der Waals surface area (Å²) < 4.78 is 71.9. The fourth-order valence-electron chi connectivity index (χ4n) is 2.74. The van der Waals surface area contributed by atoms with Gasteiger partial charge in [-0.05, 0) is 42.6 Å². The molecule has 1 amide bonds. The molecule has 2 aromatic carbocycles. The number of rotatable bonds is 4. The summed E-state index contributed by atoms with van der Waals surface area (Å²) >= 11 is 23.4. The standard InChI is InChI=1S/C20H11Cl3F5N3O2S/c21-11-4-10(30-18(34)31-17(32)15-13(24)2-1-3-14(15)25)5-12(22)16(11)33-19(23)6-9(7-29-8-19)20(26,27)28/h1-7H,8H2,(H2,30,31,32,34). The third-order valence-electron chi connectivity index (χ3n) is 4.18. The van der Waals surface area contributed by atoms with E-state index in [-0.39, 0.29) is 33.1 Å². The van der Waals surface area contributed by atoms with Crippen LogP contribution in [0.15, 0.2) is 47.0 Å². The van der Waals surface area contributed by atoms with Gasteiger partial charge < -0.3 is 10.1 Å². The van der Waals surface area contributed by atoms with Crippen molar-refractivity contribution in [3.63, 3.8) is 0 Å². The number of nitrogens with one attached hydrogen (secondary N) is 2. The Labute approximate surface area is 209 Å². The van der Waals surface area contributed by atoms with Crippen molar-refractivity contribution < 1.29 is 31.5 Å². The van der Waals surface area contributed by atoms with E-state index in [0.717, 1.165) is 18.2 Å². The molecule has 1 aliphatic rings. The van der Waals surface area contributed by atoms with Crippen LogP contribution in [0.5, 0.6) is 5.75 Å². The van der Waals surface area contributed by atoms with Crippen LogP contribution < -0.4 is 15.4 Å². The molecule has 0 fully saturated rings. The van der Waals surface area contributed by atoms with Gasteiger partial charge in [-0.25, -0.2) is 8.78 Å². The average Bonchev–Trinajstić information content (AvgIpc) is 2.70. The zero-order chi connectivity index (χ0) is 25.3. The smallest absolute Gasteiger partial charge is 0.417 e. The van der Waals surface area contributed by atoms with Crippen LogP contribution in [0.4, 0.5) is 27.6 Å². The highest BCUT2D eigenvalue weighted by Crippen LogP contribution is 2.41. The summed E-state index contributed by atoms with van der Waals surface area (Å²) in [6.07, 6.45) is -3.42. The van der Waals surface area contributed by atoms with Gasteiger partial charge in [0.1, 0.15) is 17.2 Å². The quantitative estimate of drug-likeness (QED) is 0.263. The topological polar surface area (TPSA) is 62.7 Å². The fraction of sp³-hybridized carbons (Fsp3) is 0.150. The molecule has 1 unspecified atom stereocenters. The second-order valence-corrected chi connectivity index (χ2v) is 8.59. The van der Waals surface area contributed by atoms with Gasteiger partial charge in [-0.3, -0.25) is 15.1 Å². The summed E-state index contributed by atoms with van der Waals surface area (Å²) in [5, 5.41) is 1.96. The van der Waals surface area contributed by atoms with E-state index < -0.39 is 39.9 Å². The number of allylic oxidation sites excluding steroid dienone is 1. The summed E-state index contributed by atoms with van der Waals surface area (Å²) in [7, 11) is 0. The zero-order valence-corrected chi connectivity index (χ0v) is 19.5. The minimum Gasteiger partial charge on any atom is -0.463 e. The maximum absolute atomic E-state index is 13.7. The number of alkyl halides is 4. The van der Waals surface area contributed by atoms with Gasteiger partial charge in [0.05, 0.1) is 22.2 Å². The number of hydrogen-bond acceptors (Lipinski definition) is 4. The number of thiocarbonyl (C=S) groups is 1. The third-order valence-corrected chi connectivity index (χ3v) is 5.25. The Balaban J connectivity index is 1.74. The Morgan fingerprint density at radius 2 is 1.74 bits per heavy atom. The molecule has 0 spiro atoms. The van der Waals surface area contributed by atoms with Crippen molar-refractivity contribution in [2.45, 2.75) is 11.2 Å². The molecule has 0 saturated carbocycles. The lowest BCUT2D eigenvalue weighted by molar-refractivity contribution is -0.0868. The van der Waals surface area contributed by atoms with E-state index in [1.165, 1.54) is 12.1 Å². The Morgan fingerprint density at radius 3 is 2.29 bits per heavy atom. The van der Waals surface area contributed by atoms with Crippen molar-refractivity contribution in [1.29, 1.82) is 0 Å². The summed E-state index contributed by atoms with van der Waals surface area (Å²) in [5.74, 6) is -3.54. The van der Waals surface area contributed by atoms with E-state index in [0.29, 0.717) is 12.3 Å². The van der Waals surface area contributed by atoms with E-state index in [2.05, 4.69) is 15.6 Å². The molecule has 1 atom stereocenters. The maximum atomic E-state index is 13.7. The number of amides is 1. The summed E-state index contributed by atoms with van der Waals surface area (Å²) in [5.41, 5.74) is -1.81. The lowest BCUT2D eigenvalue weighted by Crippen LogP contribution is -2.36. The molecule has 2 N–H and O–H groups in total. The van der Waals surface area contributed by atoms with Crippen molar-refractivity contribution in [2.24, 2.45) is 4.99 Å². The molecule has 0 aromatic heterocycles. The van der Waals surface area contributed by atoms with Crippen molar-refractivity contribution in [1.82, 2.24) is 5.32 Å². The van der Waals surface area contributed by atoms with Crippen LogP contribution >= 0.6 is 47.0 Å². The van der Waals surface area contributed by atoms with Crippen LogP contribution in [0.1, 0.15) is 10.4 Å². The second kappa shape index (κ2) is 10.0. The van der Waals surface area contributed by atoms with Crippen LogP contribution in [0.3, 0.4) is 0 Å². The van der Waals surface area contributed by atoms with Gasteiger partial charge in [-0.2, -0.15) is 13.2 Å². The highest BCUT2D eigenvalue weighted by molar-refractivity contribution is 7.80. The van der Waals surface area contributed by atoms with Crippen LogP contribution in [-0.4, -0.2) is 35.0 Å². The molecule has 2 aromatic rings. The Kier molecular flexibility index (Phi) is 7.71. The van der Waals surface area contributed by atoms with Crippen molar-refractivity contribution in [3.8, 4) is 5.75 Å². The predicted octanol–water partition coefficient (Wildman–Crippen LogP) is 6.29. The number of benzene rings is 2. The van der Waals surface area contributed by atoms with E-state index in [1.807, 2.05) is 0 Å². The van der Waals surface area contributed by atoms with E-state index in [4.69, 9.17) is 51.8 Å². The molecule has 14 heteroatoms. The predicted molar refractivity (Wildman–Crippen MR) is 123 cm³/mol. The van der Waals surface area contributed by atoms with E-state index >= 15 is 0 Å². The highest BCUT2D eigenvalue weighted by Gasteiger charge is 2.40. The molecule has 3 rings (SSSR count). The Morgan fingerprint density at radius 1 is 1.15 bits per heavy atom. The molecular formula is C20H11Cl3F5N3O2S. The highest BCUT2D eigenvalue weighted by atomic mass is 35.5. The lowest BCUT2D eigenvalue weighted by Gasteiger charge is -2.28. The first kappa shape index (κ1) is 26.1. The number of carbonyl (C=O) groups excluding carboxylic acids is 1. The molecule has 0 radical (unpaired) electrons. The molecule has 0 bridgehead atoms. The van der Waals surface area contributed by atoms with Gasteiger partial charge >= 0.3 is 6.18 Å². The fourth-order valence-corrected chi connectivity index (χ4v) is 3.78. The maximum Gasteiger partial charge on any atom is 0.417 e. The van der Waals surface area contributed by atoms with Crippen LogP contribution in [0, 0.1) is 11.6 Å². The largest absolute Gasteiger partial charge is 0.463 e. The number of carbonyl (C=O) groups is 1. The van der Waals surface area contributed by atoms with Gasteiger partial charge in [0.2, 0.25) is 5.06 Å². The molecule has 0 aliphatic carbocycles. The van der Waals surface area contributed by atoms with Crippen molar-refractivity contribution in [2.75, 3.05) is 11.9 Å². The SMILES string of the molecule is O=C(NC(=S)Nc1cc(Cl)c(OC2(Cl)C=C(C(F)(F)F)C=NC2)c(Cl)c1)c1c(F)cccc1F. The number of nitrogens with zero attached hydrogens (tertiary/aromatic N) is 1. The van der Waals surface area contributed by atoms with E-state index in [9.17, 15) is 26.7 Å². The minimum atomic E-state index is -4.69. The monoisotopic (exact) mass is 557 g/mol. The van der Waals surface area contributed by atoms with Crippen LogP contribution in [0.2, 0.25) is 10.0 Å².